The number of aliphatic hydroxyl groups excluding tert-OH is 8. The fourth-order valence-electron chi connectivity index (χ4n) is 10.8. The molecular formula is C78H129NO13. The topological polar surface area (TPSA) is 228 Å². The quantitative estimate of drug-likeness (QED) is 0.0204. The molecule has 0 aliphatic carbocycles. The monoisotopic (exact) mass is 1290 g/mol. The van der Waals surface area contributed by atoms with Gasteiger partial charge in [-0.05, 0) is 103 Å². The Hall–Kier alpha value is -4.13. The molecule has 2 aliphatic heterocycles. The predicted molar refractivity (Wildman–Crippen MR) is 378 cm³/mol. The van der Waals surface area contributed by atoms with Gasteiger partial charge in [-0.1, -0.05) is 282 Å². The van der Waals surface area contributed by atoms with E-state index in [9.17, 15) is 45.6 Å². The van der Waals surface area contributed by atoms with Crippen molar-refractivity contribution in [3.05, 3.63) is 146 Å². The van der Waals surface area contributed by atoms with Gasteiger partial charge in [0.2, 0.25) is 5.91 Å². The van der Waals surface area contributed by atoms with Crippen molar-refractivity contribution in [3.8, 4) is 0 Å². The number of carbonyl (C=O) groups is 1. The zero-order valence-electron chi connectivity index (χ0n) is 57.0. The third kappa shape index (κ3) is 43.8. The molecule has 0 aromatic carbocycles. The molecule has 2 fully saturated rings. The van der Waals surface area contributed by atoms with Gasteiger partial charge in [-0.25, -0.2) is 0 Å². The van der Waals surface area contributed by atoms with E-state index in [-0.39, 0.29) is 18.9 Å². The number of carbonyl (C=O) groups excluding carboxylic acids is 1. The molecule has 12 atom stereocenters. The van der Waals surface area contributed by atoms with Crippen LogP contribution in [0.15, 0.2) is 146 Å². The Bertz CT molecular complexity index is 2110. The van der Waals surface area contributed by atoms with E-state index in [2.05, 4.69) is 153 Å². The lowest BCUT2D eigenvalue weighted by Crippen LogP contribution is -2.65. The van der Waals surface area contributed by atoms with Gasteiger partial charge in [0, 0.05) is 6.42 Å². The van der Waals surface area contributed by atoms with Gasteiger partial charge >= 0.3 is 0 Å². The predicted octanol–water partition coefficient (Wildman–Crippen LogP) is 15.2. The van der Waals surface area contributed by atoms with E-state index in [0.29, 0.717) is 6.42 Å². The maximum atomic E-state index is 13.3. The first-order valence-corrected chi connectivity index (χ1v) is 36.1. The molecule has 2 rings (SSSR count). The number of unbranched alkanes of at least 4 members (excludes halogenated alkanes) is 22. The minimum atomic E-state index is -1.80. The van der Waals surface area contributed by atoms with Gasteiger partial charge < -0.3 is 65.1 Å². The largest absolute Gasteiger partial charge is 0.394 e. The van der Waals surface area contributed by atoms with Crippen LogP contribution in [0.25, 0.3) is 0 Å². The fourth-order valence-corrected chi connectivity index (χ4v) is 10.8. The number of allylic oxidation sites excluding steroid dienone is 23. The smallest absolute Gasteiger partial charge is 0.220 e. The van der Waals surface area contributed by atoms with Gasteiger partial charge in [-0.3, -0.25) is 4.79 Å². The van der Waals surface area contributed by atoms with Crippen molar-refractivity contribution in [3.63, 3.8) is 0 Å². The molecule has 9 N–H and O–H groups in total. The summed E-state index contributed by atoms with van der Waals surface area (Å²) in [6.07, 6.45) is 74.6. The molecule has 0 bridgehead atoms. The highest BCUT2D eigenvalue weighted by molar-refractivity contribution is 5.76. The number of hydrogen-bond acceptors (Lipinski definition) is 13. The van der Waals surface area contributed by atoms with E-state index in [4.69, 9.17) is 18.9 Å². The van der Waals surface area contributed by atoms with E-state index in [0.717, 1.165) is 122 Å². The summed E-state index contributed by atoms with van der Waals surface area (Å²) in [5, 5.41) is 87.4. The van der Waals surface area contributed by atoms with E-state index < -0.39 is 86.8 Å². The summed E-state index contributed by atoms with van der Waals surface area (Å²) < 4.78 is 22.8. The van der Waals surface area contributed by atoms with Crippen LogP contribution in [-0.2, 0) is 23.7 Å². The number of hydrogen-bond donors (Lipinski definition) is 9. The molecule has 0 saturated carbocycles. The van der Waals surface area contributed by atoms with Crippen LogP contribution in [0.3, 0.4) is 0 Å². The van der Waals surface area contributed by atoms with Crippen LogP contribution in [0, 0.1) is 0 Å². The molecule has 2 saturated heterocycles. The zero-order chi connectivity index (χ0) is 66.6. The van der Waals surface area contributed by atoms with E-state index >= 15 is 0 Å². The van der Waals surface area contributed by atoms with Crippen LogP contribution in [0.2, 0.25) is 0 Å². The summed E-state index contributed by atoms with van der Waals surface area (Å²) in [5.41, 5.74) is 0. The number of aliphatic hydroxyl groups is 8. The first kappa shape index (κ1) is 84.0. The van der Waals surface area contributed by atoms with Crippen molar-refractivity contribution in [1.29, 1.82) is 0 Å². The van der Waals surface area contributed by atoms with Crippen LogP contribution in [-0.4, -0.2) is 140 Å². The lowest BCUT2D eigenvalue weighted by molar-refractivity contribution is -0.359. The number of nitrogens with one attached hydrogen (secondary N) is 1. The fraction of sp³-hybridized carbons (Fsp3) is 0.679. The minimum Gasteiger partial charge on any atom is -0.394 e. The van der Waals surface area contributed by atoms with E-state index in [1.165, 1.54) is 96.3 Å². The first-order chi connectivity index (χ1) is 45.1. The van der Waals surface area contributed by atoms with Gasteiger partial charge in [0.05, 0.1) is 32.0 Å². The summed E-state index contributed by atoms with van der Waals surface area (Å²) in [6.45, 7) is 2.67. The number of rotatable bonds is 57. The normalized spacial score (nSPS) is 23.6. The number of ether oxygens (including phenoxy) is 4. The van der Waals surface area contributed by atoms with Crippen LogP contribution in [0.4, 0.5) is 0 Å². The summed E-state index contributed by atoms with van der Waals surface area (Å²) in [7, 11) is 0. The Morgan fingerprint density at radius 1 is 0.402 bits per heavy atom. The third-order valence-corrected chi connectivity index (χ3v) is 16.5. The Morgan fingerprint density at radius 3 is 1.15 bits per heavy atom. The lowest BCUT2D eigenvalue weighted by Gasteiger charge is -2.46. The molecule has 0 radical (unpaired) electrons. The lowest BCUT2D eigenvalue weighted by atomic mass is 9.97. The number of amides is 1. The highest BCUT2D eigenvalue weighted by Gasteiger charge is 2.51. The summed E-state index contributed by atoms with van der Waals surface area (Å²) in [5.74, 6) is -0.263. The minimum absolute atomic E-state index is 0.250. The molecule has 92 heavy (non-hydrogen) atoms. The molecule has 2 heterocycles. The molecule has 12 unspecified atom stereocenters. The highest BCUT2D eigenvalue weighted by atomic mass is 16.7. The van der Waals surface area contributed by atoms with Crippen molar-refractivity contribution in [2.24, 2.45) is 0 Å². The van der Waals surface area contributed by atoms with Gasteiger partial charge in [0.1, 0.15) is 48.8 Å². The molecule has 0 aromatic heterocycles. The summed E-state index contributed by atoms with van der Waals surface area (Å²) in [6, 6.07) is -0.937. The standard InChI is InChI=1S/C78H129NO13/c1-3-5-7-9-11-13-15-17-19-21-23-24-25-26-27-28-29-30-31-32-33-34-35-36-37-38-39-40-41-42-44-46-48-50-52-54-56-58-60-62-70(83)79-66(67(82)61-59-57-55-53-51-49-47-45-43-22-20-18-16-14-12-10-8-6-4-2)65-89-77-75(88)73(86)76(69(64-81)91-77)92-78-74(87)72(85)71(84)68(63-80)90-78/h5,7,11,13,17,19,23-24,26-27,29-30,32-33,35-36,38-39,41-42,46,48,59,61,66-69,71-78,80-82,84-88H,3-4,6,8-10,12,14-16,18,20-22,25,28,31,34,37,40,43-45,47,49-58,60,62-65H2,1-2H3,(H,79,83)/b7-5-,13-11-,19-17-,24-23-,27-26-,30-29-,33-32-,36-35-,39-38-,42-41-,48-46-,61-59+. The molecule has 1 amide bonds. The second kappa shape index (κ2) is 60.5. The average molecular weight is 1290 g/mol. The third-order valence-electron chi connectivity index (χ3n) is 16.5. The zero-order valence-corrected chi connectivity index (χ0v) is 57.0. The Kier molecular flexibility index (Phi) is 55.2. The van der Waals surface area contributed by atoms with Crippen LogP contribution < -0.4 is 5.32 Å². The van der Waals surface area contributed by atoms with Gasteiger partial charge in [0.15, 0.2) is 12.6 Å². The Balaban J connectivity index is 1.67. The van der Waals surface area contributed by atoms with Crippen LogP contribution in [0.1, 0.15) is 245 Å². The Morgan fingerprint density at radius 2 is 0.750 bits per heavy atom. The SMILES string of the molecule is CC/C=C\C/C=C\C/C=C\C/C=C\C/C=C\C/C=C\C/C=C\C/C=C\C/C=C\C/C=C\C/C=C\CCCCCCCC(=O)NC(COC1OC(CO)C(OC2OC(CO)C(O)C(O)C2O)C(O)C1O)C(O)/C=C/CCCCCCCCCCCCCCCCCCC. The van der Waals surface area contributed by atoms with Crippen molar-refractivity contribution in [2.75, 3.05) is 19.8 Å². The van der Waals surface area contributed by atoms with Crippen molar-refractivity contribution in [1.82, 2.24) is 5.32 Å². The molecule has 0 aromatic rings. The van der Waals surface area contributed by atoms with Crippen LogP contribution >= 0.6 is 0 Å². The van der Waals surface area contributed by atoms with Gasteiger partial charge in [-0.15, -0.1) is 0 Å². The maximum Gasteiger partial charge on any atom is 0.220 e. The van der Waals surface area contributed by atoms with Crippen LogP contribution in [0.5, 0.6) is 0 Å². The van der Waals surface area contributed by atoms with Crippen molar-refractivity contribution >= 4 is 5.91 Å². The highest BCUT2D eigenvalue weighted by Crippen LogP contribution is 2.30. The molecule has 524 valence electrons. The summed E-state index contributed by atoms with van der Waals surface area (Å²) in [4.78, 5) is 13.3. The van der Waals surface area contributed by atoms with E-state index in [1.54, 1.807) is 6.08 Å². The second-order valence-electron chi connectivity index (χ2n) is 24.6. The van der Waals surface area contributed by atoms with Gasteiger partial charge in [0.25, 0.3) is 0 Å². The first-order valence-electron chi connectivity index (χ1n) is 36.1. The maximum absolute atomic E-state index is 13.3. The summed E-state index contributed by atoms with van der Waals surface area (Å²) >= 11 is 0. The van der Waals surface area contributed by atoms with Crippen molar-refractivity contribution in [2.45, 2.75) is 319 Å². The van der Waals surface area contributed by atoms with Crippen molar-refractivity contribution < 1.29 is 64.6 Å². The molecule has 14 nitrogen and oxygen atoms in total. The second-order valence-corrected chi connectivity index (χ2v) is 24.6. The average Bonchev–Trinajstić information content (AvgIpc) is 1.05. The van der Waals surface area contributed by atoms with E-state index in [1.807, 2.05) is 6.08 Å². The molecular weight excluding hydrogens is 1160 g/mol. The van der Waals surface area contributed by atoms with Gasteiger partial charge in [-0.2, -0.15) is 0 Å². The Labute approximate surface area is 557 Å². The molecule has 0 spiro atoms. The molecule has 2 aliphatic rings. The molecule has 14 heteroatoms.